The average Bonchev–Trinajstić information content (AvgIpc) is 2.40. The van der Waals surface area contributed by atoms with Crippen LogP contribution < -0.4 is 16.0 Å². The molecule has 0 rings (SSSR count). The summed E-state index contributed by atoms with van der Waals surface area (Å²) in [5, 5.41) is 8.85. The molecular formula is C14H29N3O2. The van der Waals surface area contributed by atoms with Crippen molar-refractivity contribution in [2.45, 2.75) is 51.7 Å². The molecule has 0 fully saturated rings. The van der Waals surface area contributed by atoms with Gasteiger partial charge in [0.05, 0.1) is 12.1 Å². The van der Waals surface area contributed by atoms with Gasteiger partial charge in [-0.05, 0) is 47.3 Å². The molecule has 19 heavy (non-hydrogen) atoms. The second-order valence-corrected chi connectivity index (χ2v) is 5.50. The molecule has 112 valence electrons. The predicted molar refractivity (Wildman–Crippen MR) is 78.3 cm³/mol. The number of ketones is 2. The van der Waals surface area contributed by atoms with Crippen molar-refractivity contribution >= 4 is 11.6 Å². The lowest BCUT2D eigenvalue weighted by atomic mass is 9.77. The average molecular weight is 271 g/mol. The Labute approximate surface area is 116 Å². The zero-order valence-corrected chi connectivity index (χ0v) is 13.3. The summed E-state index contributed by atoms with van der Waals surface area (Å²) in [5.41, 5.74) is -1.13. The van der Waals surface area contributed by atoms with Crippen molar-refractivity contribution in [1.29, 1.82) is 0 Å². The van der Waals surface area contributed by atoms with Crippen LogP contribution in [-0.2, 0) is 9.59 Å². The normalized spacial score (nSPS) is 17.9. The molecule has 2 atom stereocenters. The first-order chi connectivity index (χ1) is 8.76. The van der Waals surface area contributed by atoms with Gasteiger partial charge in [0, 0.05) is 0 Å². The van der Waals surface area contributed by atoms with E-state index in [1.165, 1.54) is 0 Å². The number of carbonyl (C=O) groups is 2. The fraction of sp³-hybridized carbons (Fsp3) is 0.857. The van der Waals surface area contributed by atoms with E-state index in [9.17, 15) is 9.59 Å². The molecule has 0 aromatic carbocycles. The van der Waals surface area contributed by atoms with Gasteiger partial charge in [-0.2, -0.15) is 0 Å². The van der Waals surface area contributed by atoms with Crippen LogP contribution in [0.4, 0.5) is 0 Å². The van der Waals surface area contributed by atoms with E-state index in [-0.39, 0.29) is 29.6 Å². The van der Waals surface area contributed by atoms with Crippen molar-refractivity contribution in [3.05, 3.63) is 0 Å². The first kappa shape index (κ1) is 18.2. The van der Waals surface area contributed by atoms with E-state index < -0.39 is 5.54 Å². The molecule has 0 aromatic heterocycles. The van der Waals surface area contributed by atoms with Crippen molar-refractivity contribution in [3.8, 4) is 0 Å². The Morgan fingerprint density at radius 1 is 0.895 bits per heavy atom. The SMILES string of the molecule is CNC(C)C(=O)C(CC(C)C)(NC)C(=O)C(C)NC. The number of Topliss-reactive ketones (excluding diaryl/α,β-unsaturated/α-hetero) is 2. The number of rotatable bonds is 9. The Morgan fingerprint density at radius 2 is 1.26 bits per heavy atom. The van der Waals surface area contributed by atoms with Crippen LogP contribution in [-0.4, -0.2) is 50.3 Å². The fourth-order valence-corrected chi connectivity index (χ4v) is 2.28. The highest BCUT2D eigenvalue weighted by Gasteiger charge is 2.47. The highest BCUT2D eigenvalue weighted by Crippen LogP contribution is 2.22. The fourth-order valence-electron chi connectivity index (χ4n) is 2.28. The zero-order valence-electron chi connectivity index (χ0n) is 13.3. The van der Waals surface area contributed by atoms with Crippen molar-refractivity contribution in [1.82, 2.24) is 16.0 Å². The molecule has 5 heteroatoms. The summed E-state index contributed by atoms with van der Waals surface area (Å²) in [6, 6.07) is -0.724. The van der Waals surface area contributed by atoms with Gasteiger partial charge in [0.25, 0.3) is 0 Å². The van der Waals surface area contributed by atoms with Gasteiger partial charge >= 0.3 is 0 Å². The minimum absolute atomic E-state index is 0.0988. The van der Waals surface area contributed by atoms with E-state index in [4.69, 9.17) is 0 Å². The lowest BCUT2D eigenvalue weighted by Gasteiger charge is -2.36. The van der Waals surface area contributed by atoms with E-state index in [2.05, 4.69) is 16.0 Å². The second-order valence-electron chi connectivity index (χ2n) is 5.50. The molecule has 0 spiro atoms. The van der Waals surface area contributed by atoms with Crippen molar-refractivity contribution in [3.63, 3.8) is 0 Å². The molecule has 0 bridgehead atoms. The number of carbonyl (C=O) groups excluding carboxylic acids is 2. The molecule has 3 N–H and O–H groups in total. The second kappa shape index (κ2) is 7.72. The summed E-state index contributed by atoms with van der Waals surface area (Å²) in [6.45, 7) is 7.60. The first-order valence-electron chi connectivity index (χ1n) is 6.88. The van der Waals surface area contributed by atoms with Crippen LogP contribution in [0.3, 0.4) is 0 Å². The third-order valence-corrected chi connectivity index (χ3v) is 3.64. The molecule has 2 unspecified atom stereocenters. The third-order valence-electron chi connectivity index (χ3n) is 3.64. The topological polar surface area (TPSA) is 70.2 Å². The summed E-state index contributed by atoms with van der Waals surface area (Å²) in [5.74, 6) is 0.0464. The molecular weight excluding hydrogens is 242 g/mol. The first-order valence-corrected chi connectivity index (χ1v) is 6.88. The van der Waals surface area contributed by atoms with E-state index >= 15 is 0 Å². The molecule has 0 aliphatic heterocycles. The standard InChI is InChI=1S/C14H29N3O2/c1-9(2)8-14(17-7,12(18)10(3)15-5)13(19)11(4)16-6/h9-11,15-17H,8H2,1-7H3. The minimum Gasteiger partial charge on any atom is -0.311 e. The molecule has 0 aromatic rings. The zero-order chi connectivity index (χ0) is 15.2. The summed E-state index contributed by atoms with van der Waals surface area (Å²) in [6.07, 6.45) is 0.499. The smallest absolute Gasteiger partial charge is 0.177 e. The van der Waals surface area contributed by atoms with Gasteiger partial charge in [-0.15, -0.1) is 0 Å². The molecule has 0 radical (unpaired) electrons. The molecule has 0 saturated carbocycles. The van der Waals surface area contributed by atoms with Crippen LogP contribution >= 0.6 is 0 Å². The lowest BCUT2D eigenvalue weighted by molar-refractivity contribution is -0.139. The monoisotopic (exact) mass is 271 g/mol. The Bertz CT molecular complexity index is 294. The van der Waals surface area contributed by atoms with E-state index in [0.717, 1.165) is 0 Å². The number of likely N-dealkylation sites (N-methyl/N-ethyl adjacent to an activating group) is 3. The van der Waals surface area contributed by atoms with E-state index in [0.29, 0.717) is 6.42 Å². The lowest BCUT2D eigenvalue weighted by Crippen LogP contribution is -2.65. The Balaban J connectivity index is 5.55. The van der Waals surface area contributed by atoms with Gasteiger partial charge in [0.1, 0.15) is 5.54 Å². The quantitative estimate of drug-likeness (QED) is 0.528. The van der Waals surface area contributed by atoms with Crippen LogP contribution in [0, 0.1) is 5.92 Å². The molecule has 0 heterocycles. The van der Waals surface area contributed by atoms with Crippen LogP contribution in [0.25, 0.3) is 0 Å². The van der Waals surface area contributed by atoms with E-state index in [1.54, 1.807) is 35.0 Å². The van der Waals surface area contributed by atoms with Crippen LogP contribution in [0.1, 0.15) is 34.1 Å². The van der Waals surface area contributed by atoms with Crippen molar-refractivity contribution < 1.29 is 9.59 Å². The predicted octanol–water partition coefficient (Wildman–Crippen LogP) is 0.345. The Morgan fingerprint density at radius 3 is 1.47 bits per heavy atom. The van der Waals surface area contributed by atoms with Gasteiger partial charge in [-0.25, -0.2) is 0 Å². The molecule has 0 aliphatic rings. The van der Waals surface area contributed by atoms with Crippen molar-refractivity contribution in [2.24, 2.45) is 5.92 Å². The molecule has 0 amide bonds. The highest BCUT2D eigenvalue weighted by atomic mass is 16.2. The van der Waals surface area contributed by atoms with Gasteiger partial charge in [0.2, 0.25) is 0 Å². The summed E-state index contributed by atoms with van der Waals surface area (Å²) in [7, 11) is 5.14. The maximum absolute atomic E-state index is 12.7. The van der Waals surface area contributed by atoms with Gasteiger partial charge in [0.15, 0.2) is 11.6 Å². The third kappa shape index (κ3) is 4.09. The maximum Gasteiger partial charge on any atom is 0.177 e. The highest BCUT2D eigenvalue weighted by molar-refractivity contribution is 6.15. The summed E-state index contributed by atoms with van der Waals surface area (Å²) in [4.78, 5) is 25.3. The van der Waals surface area contributed by atoms with E-state index in [1.807, 2.05) is 13.8 Å². The van der Waals surface area contributed by atoms with Gasteiger partial charge < -0.3 is 16.0 Å². The minimum atomic E-state index is -1.13. The van der Waals surface area contributed by atoms with Gasteiger partial charge in [-0.3, -0.25) is 9.59 Å². The van der Waals surface area contributed by atoms with Crippen LogP contribution in [0.15, 0.2) is 0 Å². The van der Waals surface area contributed by atoms with Gasteiger partial charge in [-0.1, -0.05) is 13.8 Å². The largest absolute Gasteiger partial charge is 0.311 e. The summed E-state index contributed by atoms with van der Waals surface area (Å²) < 4.78 is 0. The summed E-state index contributed by atoms with van der Waals surface area (Å²) >= 11 is 0. The molecule has 5 nitrogen and oxygen atoms in total. The van der Waals surface area contributed by atoms with Crippen LogP contribution in [0.2, 0.25) is 0 Å². The Hall–Kier alpha value is -0.780. The molecule has 0 saturated heterocycles. The molecule has 0 aliphatic carbocycles. The number of nitrogens with one attached hydrogen (secondary N) is 3. The number of hydrogen-bond donors (Lipinski definition) is 3. The van der Waals surface area contributed by atoms with Crippen molar-refractivity contribution in [2.75, 3.05) is 21.1 Å². The number of hydrogen-bond acceptors (Lipinski definition) is 5. The maximum atomic E-state index is 12.7. The van der Waals surface area contributed by atoms with Crippen LogP contribution in [0.5, 0.6) is 0 Å². The Kier molecular flexibility index (Phi) is 7.41.